The van der Waals surface area contributed by atoms with Crippen molar-refractivity contribution in [2.75, 3.05) is 32.8 Å². The number of fused-ring (bicyclic) bond motifs is 1. The molecule has 4 rings (SSSR count). The molecule has 0 atom stereocenters. The normalized spacial score (nSPS) is 14.6. The first-order chi connectivity index (χ1) is 17.4. The van der Waals surface area contributed by atoms with Gasteiger partial charge in [0.05, 0.1) is 22.8 Å². The van der Waals surface area contributed by atoms with Crippen LogP contribution in [0.3, 0.4) is 0 Å². The maximum Gasteiger partial charge on any atom is 0.277 e. The third kappa shape index (κ3) is 5.63. The summed E-state index contributed by atoms with van der Waals surface area (Å²) in [4.78, 5) is 23.0. The van der Waals surface area contributed by atoms with Gasteiger partial charge in [0, 0.05) is 13.0 Å². The number of hydrogen-bond donors (Lipinski definition) is 2. The number of aromatic amines is 1. The van der Waals surface area contributed by atoms with E-state index in [0.717, 1.165) is 32.5 Å². The lowest BCUT2D eigenvalue weighted by atomic mass is 10.2. The van der Waals surface area contributed by atoms with Crippen LogP contribution in [0.4, 0.5) is 0 Å². The lowest BCUT2D eigenvalue weighted by Crippen LogP contribution is -2.28. The number of ether oxygens (including phenoxy) is 1. The number of imidazole rings is 1. The van der Waals surface area contributed by atoms with Crippen LogP contribution in [0, 0.1) is 0 Å². The average Bonchev–Trinajstić information content (AvgIpc) is 3.51. The number of hydrogen-bond acceptors (Lipinski definition) is 7. The van der Waals surface area contributed by atoms with Crippen molar-refractivity contribution >= 4 is 15.5 Å². The number of sulfonamides is 1. The molecule has 2 N–H and O–H groups in total. The fraction of sp³-hybridized carbons (Fsp3) is 0.560. The molecule has 3 aromatic rings. The van der Waals surface area contributed by atoms with E-state index in [0.29, 0.717) is 54.3 Å². The number of nitrogens with one attached hydrogen (secondary N) is 2. The lowest BCUT2D eigenvalue weighted by molar-refractivity contribution is 0.334. The van der Waals surface area contributed by atoms with Gasteiger partial charge in [0.25, 0.3) is 5.56 Å². The number of rotatable bonds is 12. The molecule has 1 aliphatic rings. The zero-order valence-corrected chi connectivity index (χ0v) is 22.2. The zero-order chi connectivity index (χ0) is 25.7. The highest BCUT2D eigenvalue weighted by Gasteiger charge is 2.21. The highest BCUT2D eigenvalue weighted by atomic mass is 32.2. The molecule has 0 amide bonds. The Morgan fingerprint density at radius 3 is 2.64 bits per heavy atom. The van der Waals surface area contributed by atoms with E-state index in [1.165, 1.54) is 25.0 Å². The fourth-order valence-electron chi connectivity index (χ4n) is 4.63. The summed E-state index contributed by atoms with van der Waals surface area (Å²) in [7, 11) is -3.75. The molecule has 36 heavy (non-hydrogen) atoms. The molecule has 11 heteroatoms. The van der Waals surface area contributed by atoms with Crippen LogP contribution in [0.2, 0.25) is 0 Å². The Morgan fingerprint density at radius 2 is 1.94 bits per heavy atom. The second-order valence-corrected chi connectivity index (χ2v) is 10.8. The topological polar surface area (TPSA) is 122 Å². The molecule has 0 spiro atoms. The molecule has 10 nitrogen and oxygen atoms in total. The summed E-state index contributed by atoms with van der Waals surface area (Å²) in [5, 5.41) is 4.68. The second kappa shape index (κ2) is 11.5. The minimum atomic E-state index is -3.75. The monoisotopic (exact) mass is 516 g/mol. The Morgan fingerprint density at radius 1 is 1.17 bits per heavy atom. The Hall–Kier alpha value is -2.76. The highest BCUT2D eigenvalue weighted by molar-refractivity contribution is 7.89. The van der Waals surface area contributed by atoms with Gasteiger partial charge in [-0.05, 0) is 76.9 Å². The summed E-state index contributed by atoms with van der Waals surface area (Å²) < 4.78 is 36.2. The molecular formula is C25H36N6O4S. The van der Waals surface area contributed by atoms with Gasteiger partial charge in [0.2, 0.25) is 10.0 Å². The van der Waals surface area contributed by atoms with Crippen LogP contribution < -0.4 is 15.0 Å². The van der Waals surface area contributed by atoms with Gasteiger partial charge in [-0.2, -0.15) is 0 Å². The van der Waals surface area contributed by atoms with Crippen LogP contribution >= 0.6 is 0 Å². The molecule has 0 unspecified atom stereocenters. The van der Waals surface area contributed by atoms with Gasteiger partial charge in [-0.3, -0.25) is 4.79 Å². The molecule has 196 valence electrons. The van der Waals surface area contributed by atoms with Crippen molar-refractivity contribution < 1.29 is 13.2 Å². The van der Waals surface area contributed by atoms with Gasteiger partial charge >= 0.3 is 0 Å². The fourth-order valence-corrected chi connectivity index (χ4v) is 5.73. The largest absolute Gasteiger partial charge is 0.493 e. The van der Waals surface area contributed by atoms with Gasteiger partial charge in [-0.15, -0.1) is 5.10 Å². The Kier molecular flexibility index (Phi) is 8.43. The van der Waals surface area contributed by atoms with Crippen LogP contribution in [0.1, 0.15) is 58.0 Å². The molecule has 1 aromatic carbocycles. The third-order valence-corrected chi connectivity index (χ3v) is 7.87. The molecule has 2 aromatic heterocycles. The van der Waals surface area contributed by atoms with Gasteiger partial charge < -0.3 is 14.6 Å². The molecule has 3 heterocycles. The first-order valence-corrected chi connectivity index (χ1v) is 14.4. The lowest BCUT2D eigenvalue weighted by Gasteiger charge is -2.15. The first-order valence-electron chi connectivity index (χ1n) is 12.9. The molecule has 0 bridgehead atoms. The van der Waals surface area contributed by atoms with Crippen LogP contribution in [0.5, 0.6) is 5.75 Å². The summed E-state index contributed by atoms with van der Waals surface area (Å²) >= 11 is 0. The predicted molar refractivity (Wildman–Crippen MR) is 139 cm³/mol. The Bertz CT molecular complexity index is 1360. The molecule has 0 saturated carbocycles. The zero-order valence-electron chi connectivity index (χ0n) is 21.3. The number of nitrogens with zero attached hydrogens (tertiary/aromatic N) is 4. The van der Waals surface area contributed by atoms with E-state index in [9.17, 15) is 13.2 Å². The van der Waals surface area contributed by atoms with Gasteiger partial charge in [0.1, 0.15) is 11.6 Å². The van der Waals surface area contributed by atoms with E-state index in [-0.39, 0.29) is 16.3 Å². The van der Waals surface area contributed by atoms with Crippen molar-refractivity contribution in [1.29, 1.82) is 0 Å². The smallest absolute Gasteiger partial charge is 0.277 e. The molecule has 0 aliphatic carbocycles. The van der Waals surface area contributed by atoms with E-state index < -0.39 is 10.0 Å². The van der Waals surface area contributed by atoms with Crippen LogP contribution in [0.25, 0.3) is 16.9 Å². The van der Waals surface area contributed by atoms with Crippen molar-refractivity contribution in [2.45, 2.75) is 64.2 Å². The number of aryl methyl sites for hydroxylation is 2. The SMILES string of the molecule is CCCc1nc(CC)c2c(=O)[nH]c(-c3cc(S(=O)(=O)NCCCN4CCCC4)ccc3OCC)nn12. The number of likely N-dealkylation sites (tertiary alicyclic amines) is 1. The van der Waals surface area contributed by atoms with E-state index in [4.69, 9.17) is 4.74 Å². The third-order valence-electron chi connectivity index (χ3n) is 6.41. The number of benzene rings is 1. The van der Waals surface area contributed by atoms with E-state index in [2.05, 4.69) is 24.7 Å². The van der Waals surface area contributed by atoms with Gasteiger partial charge in [-0.25, -0.2) is 22.6 Å². The molecule has 1 saturated heterocycles. The maximum atomic E-state index is 13.1. The molecular weight excluding hydrogens is 480 g/mol. The molecule has 0 radical (unpaired) electrons. The summed E-state index contributed by atoms with van der Waals surface area (Å²) in [6.07, 6.45) is 5.30. The summed E-state index contributed by atoms with van der Waals surface area (Å²) in [5.41, 5.74) is 1.21. The summed E-state index contributed by atoms with van der Waals surface area (Å²) in [5.74, 6) is 1.39. The molecule has 1 fully saturated rings. The Balaban J connectivity index is 1.67. The van der Waals surface area contributed by atoms with Crippen molar-refractivity contribution in [3.63, 3.8) is 0 Å². The summed E-state index contributed by atoms with van der Waals surface area (Å²) in [6.45, 7) is 9.63. The number of H-pyrrole nitrogens is 1. The Labute approximate surface area is 212 Å². The standard InChI is InChI=1S/C25H36N6O4S/c1-4-10-22-27-20(5-2)23-25(32)28-24(29-31(22)23)19-17-18(11-12-21(19)35-6-3)36(33,34)26-13-9-16-30-14-7-8-15-30/h11-12,17,26H,4-10,13-16H2,1-3H3,(H,28,29,32). The number of aromatic nitrogens is 4. The van der Waals surface area contributed by atoms with Gasteiger partial charge in [0.15, 0.2) is 11.3 Å². The quantitative estimate of drug-likeness (QED) is 0.355. The minimum Gasteiger partial charge on any atom is -0.493 e. The van der Waals surface area contributed by atoms with Crippen LogP contribution in [-0.4, -0.2) is 65.7 Å². The highest BCUT2D eigenvalue weighted by Crippen LogP contribution is 2.30. The van der Waals surface area contributed by atoms with Crippen LogP contribution in [-0.2, 0) is 22.9 Å². The van der Waals surface area contributed by atoms with Crippen molar-refractivity contribution in [1.82, 2.24) is 29.2 Å². The van der Waals surface area contributed by atoms with E-state index >= 15 is 0 Å². The average molecular weight is 517 g/mol. The summed E-state index contributed by atoms with van der Waals surface area (Å²) in [6, 6.07) is 4.64. The predicted octanol–water partition coefficient (Wildman–Crippen LogP) is 2.76. The van der Waals surface area contributed by atoms with E-state index in [1.807, 2.05) is 20.8 Å². The second-order valence-electron chi connectivity index (χ2n) is 9.03. The van der Waals surface area contributed by atoms with Gasteiger partial charge in [-0.1, -0.05) is 13.8 Å². The van der Waals surface area contributed by atoms with Crippen LogP contribution in [0.15, 0.2) is 27.9 Å². The minimum absolute atomic E-state index is 0.0959. The van der Waals surface area contributed by atoms with Crippen molar-refractivity contribution in [2.24, 2.45) is 0 Å². The van der Waals surface area contributed by atoms with Crippen molar-refractivity contribution in [3.8, 4) is 17.1 Å². The van der Waals surface area contributed by atoms with E-state index in [1.54, 1.807) is 10.6 Å². The molecule has 1 aliphatic heterocycles. The van der Waals surface area contributed by atoms with Crippen molar-refractivity contribution in [3.05, 3.63) is 40.1 Å². The first kappa shape index (κ1) is 26.3. The maximum absolute atomic E-state index is 13.1.